The molecule has 1 fully saturated rings. The maximum atomic E-state index is 6.46. The summed E-state index contributed by atoms with van der Waals surface area (Å²) >= 11 is 0. The van der Waals surface area contributed by atoms with Gasteiger partial charge < -0.3 is 10.5 Å². The third-order valence-electron chi connectivity index (χ3n) is 4.23. The first-order chi connectivity index (χ1) is 8.63. The lowest BCUT2D eigenvalue weighted by molar-refractivity contribution is 0.308. The Hall–Kier alpha value is -0.730. The molecule has 19 heavy (non-hydrogen) atoms. The monoisotopic (exact) mass is 283 g/mol. The summed E-state index contributed by atoms with van der Waals surface area (Å²) in [6.45, 7) is 4.20. The van der Waals surface area contributed by atoms with Crippen LogP contribution >= 0.6 is 12.4 Å². The minimum atomic E-state index is 0. The van der Waals surface area contributed by atoms with Crippen LogP contribution in [0.4, 0.5) is 0 Å². The van der Waals surface area contributed by atoms with Crippen molar-refractivity contribution in [3.05, 3.63) is 28.8 Å². The number of aryl methyl sites for hydroxylation is 2. The van der Waals surface area contributed by atoms with Gasteiger partial charge in [-0.25, -0.2) is 0 Å². The standard InChI is InChI=1S/C16H25NO.ClH/c1-11-9-14(10-12(2)16(11)18-3)15(17)13-7-5-4-6-8-13;/h9-10,13,15H,4-8,17H2,1-3H3;1H/t15-;/m1./s1. The fourth-order valence-electron chi connectivity index (χ4n) is 3.26. The average molecular weight is 284 g/mol. The number of nitrogens with two attached hydrogens (primary N) is 1. The van der Waals surface area contributed by atoms with Crippen molar-refractivity contribution in [1.29, 1.82) is 0 Å². The highest BCUT2D eigenvalue weighted by atomic mass is 35.5. The molecule has 1 aromatic rings. The molecule has 3 heteroatoms. The highest BCUT2D eigenvalue weighted by Crippen LogP contribution is 2.35. The van der Waals surface area contributed by atoms with Gasteiger partial charge in [0.2, 0.25) is 0 Å². The van der Waals surface area contributed by atoms with Gasteiger partial charge in [-0.15, -0.1) is 12.4 Å². The van der Waals surface area contributed by atoms with Crippen molar-refractivity contribution in [1.82, 2.24) is 0 Å². The van der Waals surface area contributed by atoms with Gasteiger partial charge in [-0.3, -0.25) is 0 Å². The number of benzene rings is 1. The van der Waals surface area contributed by atoms with Crippen molar-refractivity contribution in [2.75, 3.05) is 7.11 Å². The molecule has 0 spiro atoms. The molecule has 0 aromatic heterocycles. The van der Waals surface area contributed by atoms with Crippen LogP contribution in [0.15, 0.2) is 12.1 Å². The highest BCUT2D eigenvalue weighted by molar-refractivity contribution is 5.85. The second-order valence-electron chi connectivity index (χ2n) is 5.61. The SMILES string of the molecule is COc1c(C)cc([C@H](N)C2CCCCC2)cc1C.Cl. The summed E-state index contributed by atoms with van der Waals surface area (Å²) in [7, 11) is 1.73. The van der Waals surface area contributed by atoms with E-state index in [1.54, 1.807) is 7.11 Å². The van der Waals surface area contributed by atoms with Crippen molar-refractivity contribution >= 4 is 12.4 Å². The Balaban J connectivity index is 0.00000180. The van der Waals surface area contributed by atoms with Crippen LogP contribution in [0.2, 0.25) is 0 Å². The molecule has 2 rings (SSSR count). The fraction of sp³-hybridized carbons (Fsp3) is 0.625. The molecule has 1 aliphatic rings. The molecule has 1 aromatic carbocycles. The molecule has 1 aliphatic carbocycles. The van der Waals surface area contributed by atoms with Crippen LogP contribution < -0.4 is 10.5 Å². The second-order valence-corrected chi connectivity index (χ2v) is 5.61. The van der Waals surface area contributed by atoms with Gasteiger partial charge >= 0.3 is 0 Å². The maximum Gasteiger partial charge on any atom is 0.124 e. The molecule has 2 nitrogen and oxygen atoms in total. The number of hydrogen-bond acceptors (Lipinski definition) is 2. The van der Waals surface area contributed by atoms with Crippen molar-refractivity contribution in [2.45, 2.75) is 52.0 Å². The van der Waals surface area contributed by atoms with Crippen LogP contribution in [-0.4, -0.2) is 7.11 Å². The molecule has 0 heterocycles. The number of rotatable bonds is 3. The third kappa shape index (κ3) is 3.64. The fourth-order valence-corrected chi connectivity index (χ4v) is 3.26. The normalized spacial score (nSPS) is 17.7. The summed E-state index contributed by atoms with van der Waals surface area (Å²) in [4.78, 5) is 0. The van der Waals surface area contributed by atoms with Gasteiger partial charge in [0.05, 0.1) is 7.11 Å². The zero-order valence-corrected chi connectivity index (χ0v) is 13.1. The Morgan fingerprint density at radius 2 is 1.63 bits per heavy atom. The Bertz CT molecular complexity index is 390. The molecule has 0 amide bonds. The van der Waals surface area contributed by atoms with Crippen molar-refractivity contribution in [3.63, 3.8) is 0 Å². The summed E-state index contributed by atoms with van der Waals surface area (Å²) in [5, 5.41) is 0. The summed E-state index contributed by atoms with van der Waals surface area (Å²) in [6.07, 6.45) is 6.62. The minimum absolute atomic E-state index is 0. The van der Waals surface area contributed by atoms with Crippen LogP contribution in [0.25, 0.3) is 0 Å². The molecule has 0 aliphatic heterocycles. The molecule has 0 radical (unpaired) electrons. The summed E-state index contributed by atoms with van der Waals surface area (Å²) in [6, 6.07) is 4.59. The van der Waals surface area contributed by atoms with E-state index in [0.29, 0.717) is 5.92 Å². The van der Waals surface area contributed by atoms with E-state index in [1.807, 2.05) is 0 Å². The zero-order valence-electron chi connectivity index (χ0n) is 12.2. The average Bonchev–Trinajstić information content (AvgIpc) is 2.38. The zero-order chi connectivity index (χ0) is 13.1. The number of ether oxygens (including phenoxy) is 1. The smallest absolute Gasteiger partial charge is 0.124 e. The Morgan fingerprint density at radius 3 is 2.11 bits per heavy atom. The van der Waals surface area contributed by atoms with E-state index in [1.165, 1.54) is 48.8 Å². The predicted molar refractivity (Wildman–Crippen MR) is 83.2 cm³/mol. The Morgan fingerprint density at radius 1 is 1.11 bits per heavy atom. The highest BCUT2D eigenvalue weighted by Gasteiger charge is 2.22. The molecular weight excluding hydrogens is 258 g/mol. The molecule has 0 unspecified atom stereocenters. The van der Waals surface area contributed by atoms with Crippen LogP contribution in [0, 0.1) is 19.8 Å². The number of hydrogen-bond donors (Lipinski definition) is 1. The molecule has 1 saturated carbocycles. The van der Waals surface area contributed by atoms with Gasteiger partial charge in [0.25, 0.3) is 0 Å². The summed E-state index contributed by atoms with van der Waals surface area (Å²) < 4.78 is 5.42. The van der Waals surface area contributed by atoms with Crippen LogP contribution in [0.1, 0.15) is 54.8 Å². The van der Waals surface area contributed by atoms with Gasteiger partial charge in [-0.05, 0) is 49.3 Å². The first kappa shape index (κ1) is 16.3. The van der Waals surface area contributed by atoms with E-state index in [4.69, 9.17) is 10.5 Å². The lowest BCUT2D eigenvalue weighted by Crippen LogP contribution is -2.23. The van der Waals surface area contributed by atoms with Crippen molar-refractivity contribution < 1.29 is 4.74 Å². The predicted octanol–water partition coefficient (Wildman–Crippen LogP) is 4.31. The van der Waals surface area contributed by atoms with Crippen LogP contribution in [0.5, 0.6) is 5.75 Å². The largest absolute Gasteiger partial charge is 0.496 e. The van der Waals surface area contributed by atoms with E-state index in [9.17, 15) is 0 Å². The minimum Gasteiger partial charge on any atom is -0.496 e. The second kappa shape index (κ2) is 7.16. The number of halogens is 1. The van der Waals surface area contributed by atoms with Crippen LogP contribution in [-0.2, 0) is 0 Å². The van der Waals surface area contributed by atoms with E-state index < -0.39 is 0 Å². The molecule has 0 saturated heterocycles. The van der Waals surface area contributed by atoms with Crippen molar-refractivity contribution in [2.24, 2.45) is 11.7 Å². The quantitative estimate of drug-likeness (QED) is 0.897. The molecule has 108 valence electrons. The Labute approximate surface area is 123 Å². The summed E-state index contributed by atoms with van der Waals surface area (Å²) in [5.41, 5.74) is 10.1. The lowest BCUT2D eigenvalue weighted by Gasteiger charge is -2.28. The first-order valence-corrected chi connectivity index (χ1v) is 7.04. The molecule has 0 bridgehead atoms. The third-order valence-corrected chi connectivity index (χ3v) is 4.23. The topological polar surface area (TPSA) is 35.2 Å². The van der Waals surface area contributed by atoms with E-state index in [0.717, 1.165) is 5.75 Å². The van der Waals surface area contributed by atoms with Gasteiger partial charge in [0.15, 0.2) is 0 Å². The van der Waals surface area contributed by atoms with Crippen LogP contribution in [0.3, 0.4) is 0 Å². The maximum absolute atomic E-state index is 6.46. The summed E-state index contributed by atoms with van der Waals surface area (Å²) in [5.74, 6) is 1.65. The van der Waals surface area contributed by atoms with Gasteiger partial charge in [-0.2, -0.15) is 0 Å². The number of methoxy groups -OCH3 is 1. The van der Waals surface area contributed by atoms with E-state index in [2.05, 4.69) is 26.0 Å². The molecule has 2 N–H and O–H groups in total. The van der Waals surface area contributed by atoms with E-state index in [-0.39, 0.29) is 18.4 Å². The lowest BCUT2D eigenvalue weighted by atomic mass is 9.81. The molecular formula is C16H26ClNO. The van der Waals surface area contributed by atoms with Gasteiger partial charge in [-0.1, -0.05) is 31.4 Å². The first-order valence-electron chi connectivity index (χ1n) is 7.04. The van der Waals surface area contributed by atoms with Gasteiger partial charge in [0.1, 0.15) is 5.75 Å². The Kier molecular flexibility index (Phi) is 6.15. The van der Waals surface area contributed by atoms with Crippen molar-refractivity contribution in [3.8, 4) is 5.75 Å². The molecule has 1 atom stereocenters. The van der Waals surface area contributed by atoms with E-state index >= 15 is 0 Å². The van der Waals surface area contributed by atoms with Gasteiger partial charge in [0, 0.05) is 6.04 Å².